The predicted molar refractivity (Wildman–Crippen MR) is 224 cm³/mol. The van der Waals surface area contributed by atoms with Gasteiger partial charge in [-0.1, -0.05) is 6.07 Å². The van der Waals surface area contributed by atoms with E-state index >= 15 is 0 Å². The Morgan fingerprint density at radius 1 is 0.850 bits per heavy atom. The molecule has 0 bridgehead atoms. The van der Waals surface area contributed by atoms with Crippen LogP contribution in [0.3, 0.4) is 0 Å². The van der Waals surface area contributed by atoms with Crippen LogP contribution in [0.25, 0.3) is 4.85 Å². The van der Waals surface area contributed by atoms with Crippen LogP contribution in [0.4, 0.5) is 23.0 Å². The number of fused-ring (bicyclic) bond motifs is 1. The molecule has 0 radical (unpaired) electrons. The van der Waals surface area contributed by atoms with Gasteiger partial charge in [-0.2, -0.15) is 0 Å². The van der Waals surface area contributed by atoms with Gasteiger partial charge in [-0.15, -0.1) is 0 Å². The molecular formula is C44H52N10O6. The maximum absolute atomic E-state index is 13.5. The number of rotatable bonds is 10. The number of amides is 5. The van der Waals surface area contributed by atoms with Gasteiger partial charge in [-0.05, 0) is 87.9 Å². The number of piperazine rings is 2. The number of carbonyl (C=O) groups is 5. The molecule has 0 aliphatic carbocycles. The smallest absolute Gasteiger partial charge is 0.262 e. The Bertz CT molecular complexity index is 2190. The SMILES string of the molecule is [C-]#[N+]c1ccc(N2C[C@@H](C)N(C(=O)Cc3cnc(N4CCC(CCN5CCN(c6ccc7c(c6)C(=O)N(C6CCC(=O)NC6=O)C7=O)CC5)CC4)nc3)C[C@@H]2C)cc1OC. The van der Waals surface area contributed by atoms with E-state index in [4.69, 9.17) is 11.3 Å². The summed E-state index contributed by atoms with van der Waals surface area (Å²) < 4.78 is 5.43. The second-order valence-corrected chi connectivity index (χ2v) is 16.7. The van der Waals surface area contributed by atoms with Gasteiger partial charge in [0, 0.05) is 94.6 Å². The lowest BCUT2D eigenvalue weighted by molar-refractivity contribution is -0.136. The van der Waals surface area contributed by atoms with Crippen molar-refractivity contribution in [2.75, 3.05) is 80.7 Å². The largest absolute Gasteiger partial charge is 0.508 e. The molecule has 0 saturated carbocycles. The van der Waals surface area contributed by atoms with E-state index in [-0.39, 0.29) is 37.3 Å². The Kier molecular flexibility index (Phi) is 11.7. The molecule has 314 valence electrons. The Balaban J connectivity index is 0.759. The van der Waals surface area contributed by atoms with Gasteiger partial charge in [0.1, 0.15) is 11.8 Å². The Hall–Kier alpha value is -6.08. The molecule has 4 fully saturated rings. The van der Waals surface area contributed by atoms with Gasteiger partial charge in [0.2, 0.25) is 29.4 Å². The number of anilines is 3. The quantitative estimate of drug-likeness (QED) is 0.235. The summed E-state index contributed by atoms with van der Waals surface area (Å²) in [7, 11) is 1.57. The predicted octanol–water partition coefficient (Wildman–Crippen LogP) is 3.53. The third kappa shape index (κ3) is 8.23. The topological polar surface area (TPSA) is 156 Å². The van der Waals surface area contributed by atoms with Gasteiger partial charge in [0.15, 0.2) is 0 Å². The molecule has 5 aliphatic heterocycles. The molecule has 4 saturated heterocycles. The van der Waals surface area contributed by atoms with Crippen LogP contribution in [0.2, 0.25) is 0 Å². The highest BCUT2D eigenvalue weighted by molar-refractivity contribution is 6.23. The van der Waals surface area contributed by atoms with E-state index in [2.05, 4.69) is 53.6 Å². The summed E-state index contributed by atoms with van der Waals surface area (Å²) >= 11 is 0. The van der Waals surface area contributed by atoms with Crippen LogP contribution < -0.4 is 24.8 Å². The van der Waals surface area contributed by atoms with Crippen molar-refractivity contribution in [1.29, 1.82) is 0 Å². The van der Waals surface area contributed by atoms with E-state index in [1.165, 1.54) is 0 Å². The molecule has 1 unspecified atom stereocenters. The van der Waals surface area contributed by atoms with Crippen molar-refractivity contribution in [1.82, 2.24) is 30.0 Å². The molecule has 16 heteroatoms. The molecule has 0 spiro atoms. The minimum absolute atomic E-state index is 0.00634. The molecule has 8 rings (SSSR count). The van der Waals surface area contributed by atoms with E-state index in [0.717, 1.165) is 86.9 Å². The highest BCUT2D eigenvalue weighted by atomic mass is 16.5. The fourth-order valence-electron chi connectivity index (χ4n) is 9.32. The van der Waals surface area contributed by atoms with E-state index in [1.807, 2.05) is 23.1 Å². The lowest BCUT2D eigenvalue weighted by Crippen LogP contribution is -2.58. The molecule has 2 aromatic carbocycles. The zero-order valence-corrected chi connectivity index (χ0v) is 34.5. The lowest BCUT2D eigenvalue weighted by atomic mass is 9.93. The highest BCUT2D eigenvalue weighted by Crippen LogP contribution is 2.35. The summed E-state index contributed by atoms with van der Waals surface area (Å²) in [6.07, 6.45) is 7.32. The first-order valence-corrected chi connectivity index (χ1v) is 21.0. The number of carbonyl (C=O) groups excluding carboxylic acids is 5. The summed E-state index contributed by atoms with van der Waals surface area (Å²) in [5, 5.41) is 2.24. The van der Waals surface area contributed by atoms with Crippen LogP contribution in [-0.2, 0) is 20.8 Å². The standard InChI is InChI=1S/C44H52N10O6/c1-28-27-53(29(2)26-52(28)33-6-8-36(45-3)38(23-33)60-4)40(56)21-31-24-46-44(47-25-31)51-15-12-30(13-16-51)11-14-49-17-19-50(20-18-49)32-5-7-34-35(22-32)43(59)54(42(34)58)37-9-10-39(55)48-41(37)57/h5-8,22-25,28-30,37H,9-21,26-27H2,1-2,4H3,(H,48,55,57)/t28-,29+,37?/m0/s1. The van der Waals surface area contributed by atoms with Crippen LogP contribution >= 0.6 is 0 Å². The molecule has 6 heterocycles. The van der Waals surface area contributed by atoms with Crippen molar-refractivity contribution in [3.8, 4) is 5.75 Å². The molecule has 16 nitrogen and oxygen atoms in total. The summed E-state index contributed by atoms with van der Waals surface area (Å²) in [6.45, 7) is 19.0. The molecule has 1 aromatic heterocycles. The molecular weight excluding hydrogens is 765 g/mol. The Labute approximate surface area is 350 Å². The maximum atomic E-state index is 13.5. The van der Waals surface area contributed by atoms with Crippen LogP contribution in [0.1, 0.15) is 72.2 Å². The zero-order chi connectivity index (χ0) is 42.1. The maximum Gasteiger partial charge on any atom is 0.262 e. The van der Waals surface area contributed by atoms with Crippen molar-refractivity contribution < 1.29 is 28.7 Å². The number of imide groups is 2. The number of hydrogen-bond acceptors (Lipinski definition) is 12. The summed E-state index contributed by atoms with van der Waals surface area (Å²) in [5.74, 6) is -0.0301. The van der Waals surface area contributed by atoms with E-state index in [0.29, 0.717) is 47.5 Å². The number of hydrogen-bond donors (Lipinski definition) is 1. The molecule has 5 aliphatic rings. The van der Waals surface area contributed by atoms with Crippen LogP contribution in [0.15, 0.2) is 48.8 Å². The fourth-order valence-corrected chi connectivity index (χ4v) is 9.32. The van der Waals surface area contributed by atoms with Crippen LogP contribution in [0.5, 0.6) is 5.75 Å². The summed E-state index contributed by atoms with van der Waals surface area (Å²) in [6, 6.07) is 10.1. The van der Waals surface area contributed by atoms with Gasteiger partial charge in [-0.3, -0.25) is 39.1 Å². The summed E-state index contributed by atoms with van der Waals surface area (Å²) in [5.41, 5.74) is 3.75. The monoisotopic (exact) mass is 816 g/mol. The third-order valence-electron chi connectivity index (χ3n) is 12.9. The van der Waals surface area contributed by atoms with E-state index in [1.54, 1.807) is 37.7 Å². The number of piperidine rings is 2. The van der Waals surface area contributed by atoms with Gasteiger partial charge in [-0.25, -0.2) is 14.8 Å². The molecule has 60 heavy (non-hydrogen) atoms. The molecule has 3 aromatic rings. The van der Waals surface area contributed by atoms with Gasteiger partial charge in [0.05, 0.1) is 31.2 Å². The third-order valence-corrected chi connectivity index (χ3v) is 12.9. The van der Waals surface area contributed by atoms with Gasteiger partial charge in [0.25, 0.3) is 11.8 Å². The number of methoxy groups -OCH3 is 1. The normalized spacial score (nSPS) is 22.8. The Morgan fingerprint density at radius 2 is 1.57 bits per heavy atom. The van der Waals surface area contributed by atoms with Crippen molar-refractivity contribution in [2.24, 2.45) is 5.92 Å². The second-order valence-electron chi connectivity index (χ2n) is 16.7. The van der Waals surface area contributed by atoms with Crippen molar-refractivity contribution in [3.05, 3.63) is 76.9 Å². The van der Waals surface area contributed by atoms with Gasteiger partial charge >= 0.3 is 0 Å². The first-order chi connectivity index (χ1) is 29.0. The van der Waals surface area contributed by atoms with Crippen molar-refractivity contribution in [3.63, 3.8) is 0 Å². The molecule has 3 atom stereocenters. The van der Waals surface area contributed by atoms with E-state index < -0.39 is 29.7 Å². The molecule has 5 amide bonds. The first-order valence-electron chi connectivity index (χ1n) is 21.0. The van der Waals surface area contributed by atoms with Crippen molar-refractivity contribution >= 4 is 52.5 Å². The number of ether oxygens (including phenoxy) is 1. The fraction of sp³-hybridized carbons (Fsp3) is 0.500. The first kappa shape index (κ1) is 40.7. The lowest BCUT2D eigenvalue weighted by Gasteiger charge is -2.45. The van der Waals surface area contributed by atoms with Crippen LogP contribution in [-0.4, -0.2) is 138 Å². The number of benzene rings is 2. The highest BCUT2D eigenvalue weighted by Gasteiger charge is 2.45. The number of nitrogens with one attached hydrogen (secondary N) is 1. The average Bonchev–Trinajstić information content (AvgIpc) is 3.51. The number of aromatic nitrogens is 2. The minimum Gasteiger partial charge on any atom is -0.508 e. The van der Waals surface area contributed by atoms with Crippen molar-refractivity contribution in [2.45, 2.75) is 70.5 Å². The number of nitrogens with zero attached hydrogens (tertiary/aromatic N) is 9. The minimum atomic E-state index is -0.971. The average molecular weight is 817 g/mol. The van der Waals surface area contributed by atoms with Gasteiger partial charge < -0.3 is 24.3 Å². The zero-order valence-electron chi connectivity index (χ0n) is 34.5. The second kappa shape index (κ2) is 17.3. The summed E-state index contributed by atoms with van der Waals surface area (Å²) in [4.78, 5) is 89.1. The Morgan fingerprint density at radius 3 is 2.27 bits per heavy atom. The van der Waals surface area contributed by atoms with Crippen LogP contribution in [0, 0.1) is 12.5 Å². The molecule has 1 N–H and O–H groups in total. The van der Waals surface area contributed by atoms with E-state index in [9.17, 15) is 24.0 Å².